The van der Waals surface area contributed by atoms with E-state index in [1.165, 1.54) is 17.1 Å². The molecule has 0 aliphatic carbocycles. The summed E-state index contributed by atoms with van der Waals surface area (Å²) in [4.78, 5) is 0. The SMILES string of the molecule is Fc1cccc(Cl)c1CNc1ccccc1-n1cnnn1. The molecule has 1 N–H and O–H groups in total. The Morgan fingerprint density at radius 2 is 2.00 bits per heavy atom. The summed E-state index contributed by atoms with van der Waals surface area (Å²) in [6, 6.07) is 12.1. The molecular weight excluding hydrogens is 293 g/mol. The highest BCUT2D eigenvalue weighted by molar-refractivity contribution is 6.31. The topological polar surface area (TPSA) is 55.6 Å². The predicted molar refractivity (Wildman–Crippen MR) is 77.9 cm³/mol. The first kappa shape index (κ1) is 13.5. The molecule has 0 bridgehead atoms. The molecule has 0 saturated heterocycles. The van der Waals surface area contributed by atoms with Gasteiger partial charge < -0.3 is 5.32 Å². The normalized spacial score (nSPS) is 10.6. The first-order chi connectivity index (χ1) is 10.3. The van der Waals surface area contributed by atoms with Gasteiger partial charge in [0.1, 0.15) is 12.1 Å². The highest BCUT2D eigenvalue weighted by Crippen LogP contribution is 2.23. The summed E-state index contributed by atoms with van der Waals surface area (Å²) in [5.41, 5.74) is 1.98. The molecule has 3 rings (SSSR count). The number of halogens is 2. The van der Waals surface area contributed by atoms with Crippen LogP contribution in [0.25, 0.3) is 5.69 Å². The predicted octanol–water partition coefficient (Wildman–Crippen LogP) is 3.07. The second-order valence-electron chi connectivity index (χ2n) is 4.33. The van der Waals surface area contributed by atoms with Crippen molar-refractivity contribution in [2.75, 3.05) is 5.32 Å². The Labute approximate surface area is 125 Å². The third-order valence-corrected chi connectivity index (χ3v) is 3.37. The third kappa shape index (κ3) is 2.85. The molecule has 1 heterocycles. The maximum atomic E-state index is 13.8. The van der Waals surface area contributed by atoms with Gasteiger partial charge in [-0.25, -0.2) is 4.39 Å². The van der Waals surface area contributed by atoms with E-state index in [4.69, 9.17) is 11.6 Å². The van der Waals surface area contributed by atoms with Gasteiger partial charge in [-0.2, -0.15) is 4.68 Å². The smallest absolute Gasteiger partial charge is 0.143 e. The van der Waals surface area contributed by atoms with Crippen LogP contribution in [-0.4, -0.2) is 20.2 Å². The number of rotatable bonds is 4. The minimum Gasteiger partial charge on any atom is -0.379 e. The van der Waals surface area contributed by atoms with E-state index < -0.39 is 0 Å². The number of tetrazole rings is 1. The van der Waals surface area contributed by atoms with Gasteiger partial charge in [0, 0.05) is 17.1 Å². The second-order valence-corrected chi connectivity index (χ2v) is 4.73. The van der Waals surface area contributed by atoms with Crippen LogP contribution in [0.2, 0.25) is 5.02 Å². The van der Waals surface area contributed by atoms with E-state index in [-0.39, 0.29) is 12.4 Å². The lowest BCUT2D eigenvalue weighted by atomic mass is 10.2. The average molecular weight is 304 g/mol. The summed E-state index contributed by atoms with van der Waals surface area (Å²) in [6.07, 6.45) is 1.50. The van der Waals surface area contributed by atoms with E-state index in [1.54, 1.807) is 12.1 Å². The molecule has 0 fully saturated rings. The monoisotopic (exact) mass is 303 g/mol. The van der Waals surface area contributed by atoms with Crippen LogP contribution in [0, 0.1) is 5.82 Å². The molecular formula is C14H11ClFN5. The Morgan fingerprint density at radius 3 is 2.76 bits per heavy atom. The zero-order valence-corrected chi connectivity index (χ0v) is 11.6. The Morgan fingerprint density at radius 1 is 1.14 bits per heavy atom. The molecule has 7 heteroatoms. The van der Waals surface area contributed by atoms with Crippen molar-refractivity contribution < 1.29 is 4.39 Å². The summed E-state index contributed by atoms with van der Waals surface area (Å²) >= 11 is 6.02. The molecule has 21 heavy (non-hydrogen) atoms. The van der Waals surface area contributed by atoms with Crippen molar-refractivity contribution in [2.24, 2.45) is 0 Å². The minimum absolute atomic E-state index is 0.268. The second kappa shape index (κ2) is 5.88. The van der Waals surface area contributed by atoms with Gasteiger partial charge in [-0.05, 0) is 34.7 Å². The van der Waals surface area contributed by atoms with Gasteiger partial charge in [0.25, 0.3) is 0 Å². The number of para-hydroxylation sites is 2. The lowest BCUT2D eigenvalue weighted by Gasteiger charge is -2.12. The molecule has 1 aromatic heterocycles. The molecule has 5 nitrogen and oxygen atoms in total. The van der Waals surface area contributed by atoms with Crippen LogP contribution >= 0.6 is 11.6 Å². The Balaban J connectivity index is 1.86. The van der Waals surface area contributed by atoms with Crippen molar-refractivity contribution >= 4 is 17.3 Å². The van der Waals surface area contributed by atoms with Crippen LogP contribution in [0.4, 0.5) is 10.1 Å². The number of hydrogen-bond donors (Lipinski definition) is 1. The van der Waals surface area contributed by atoms with E-state index in [9.17, 15) is 4.39 Å². The van der Waals surface area contributed by atoms with Gasteiger partial charge in [-0.3, -0.25) is 0 Å². The van der Waals surface area contributed by atoms with E-state index in [2.05, 4.69) is 20.8 Å². The van der Waals surface area contributed by atoms with Crippen molar-refractivity contribution in [2.45, 2.75) is 6.54 Å². The number of benzene rings is 2. The van der Waals surface area contributed by atoms with Crippen LogP contribution in [0.15, 0.2) is 48.8 Å². The van der Waals surface area contributed by atoms with Gasteiger partial charge >= 0.3 is 0 Å². The van der Waals surface area contributed by atoms with Crippen LogP contribution in [0.3, 0.4) is 0 Å². The number of hydrogen-bond acceptors (Lipinski definition) is 4. The molecule has 0 saturated carbocycles. The fourth-order valence-electron chi connectivity index (χ4n) is 1.98. The first-order valence-corrected chi connectivity index (χ1v) is 6.62. The Kier molecular flexibility index (Phi) is 3.79. The fourth-order valence-corrected chi connectivity index (χ4v) is 2.21. The molecule has 0 spiro atoms. The van der Waals surface area contributed by atoms with Gasteiger partial charge in [0.2, 0.25) is 0 Å². The first-order valence-electron chi connectivity index (χ1n) is 6.25. The maximum absolute atomic E-state index is 13.8. The van der Waals surface area contributed by atoms with Gasteiger partial charge in [-0.15, -0.1) is 5.10 Å². The highest BCUT2D eigenvalue weighted by Gasteiger charge is 2.09. The number of anilines is 1. The molecule has 3 aromatic rings. The van der Waals surface area contributed by atoms with E-state index in [1.807, 2.05) is 24.3 Å². The lowest BCUT2D eigenvalue weighted by molar-refractivity contribution is 0.613. The van der Waals surface area contributed by atoms with Gasteiger partial charge in [-0.1, -0.05) is 29.8 Å². The maximum Gasteiger partial charge on any atom is 0.143 e. The van der Waals surface area contributed by atoms with Gasteiger partial charge in [0.15, 0.2) is 0 Å². The van der Waals surface area contributed by atoms with Crippen molar-refractivity contribution in [1.29, 1.82) is 0 Å². The van der Waals surface area contributed by atoms with Crippen molar-refractivity contribution in [1.82, 2.24) is 20.2 Å². The number of aromatic nitrogens is 4. The summed E-state index contributed by atoms with van der Waals surface area (Å²) in [6.45, 7) is 0.268. The van der Waals surface area contributed by atoms with Crippen LogP contribution in [-0.2, 0) is 6.54 Å². The molecule has 0 unspecified atom stereocenters. The molecule has 106 valence electrons. The zero-order valence-electron chi connectivity index (χ0n) is 10.9. The van der Waals surface area contributed by atoms with Gasteiger partial charge in [0.05, 0.1) is 11.4 Å². The molecule has 0 atom stereocenters. The van der Waals surface area contributed by atoms with Crippen molar-refractivity contribution in [3.63, 3.8) is 0 Å². The lowest BCUT2D eigenvalue weighted by Crippen LogP contribution is -2.06. The Bertz CT molecular complexity index is 725. The Hall–Kier alpha value is -2.47. The van der Waals surface area contributed by atoms with Crippen molar-refractivity contribution in [3.8, 4) is 5.69 Å². The summed E-state index contributed by atoms with van der Waals surface area (Å²) in [5, 5.41) is 14.6. The molecule has 2 aromatic carbocycles. The van der Waals surface area contributed by atoms with Crippen LogP contribution in [0.1, 0.15) is 5.56 Å². The standard InChI is InChI=1S/C14H11ClFN5/c15-11-4-3-5-12(16)10(11)8-17-13-6-1-2-7-14(13)21-9-18-19-20-21/h1-7,9,17H,8H2. The number of nitrogens with zero attached hydrogens (tertiary/aromatic N) is 4. The largest absolute Gasteiger partial charge is 0.379 e. The molecule has 0 radical (unpaired) electrons. The highest BCUT2D eigenvalue weighted by atomic mass is 35.5. The third-order valence-electron chi connectivity index (χ3n) is 3.02. The number of nitrogens with one attached hydrogen (secondary N) is 1. The average Bonchev–Trinajstić information content (AvgIpc) is 3.01. The summed E-state index contributed by atoms with van der Waals surface area (Å²) in [5.74, 6) is -0.338. The van der Waals surface area contributed by atoms with E-state index >= 15 is 0 Å². The fraction of sp³-hybridized carbons (Fsp3) is 0.0714. The molecule has 0 amide bonds. The summed E-state index contributed by atoms with van der Waals surface area (Å²) in [7, 11) is 0. The molecule has 0 aliphatic heterocycles. The summed E-state index contributed by atoms with van der Waals surface area (Å²) < 4.78 is 15.3. The van der Waals surface area contributed by atoms with E-state index in [0.29, 0.717) is 10.6 Å². The molecule has 0 aliphatic rings. The van der Waals surface area contributed by atoms with Crippen molar-refractivity contribution in [3.05, 3.63) is 65.2 Å². The zero-order chi connectivity index (χ0) is 14.7. The van der Waals surface area contributed by atoms with E-state index in [0.717, 1.165) is 11.4 Å². The van der Waals surface area contributed by atoms with Crippen LogP contribution < -0.4 is 5.32 Å². The minimum atomic E-state index is -0.338. The quantitative estimate of drug-likeness (QED) is 0.805. The van der Waals surface area contributed by atoms with Crippen LogP contribution in [0.5, 0.6) is 0 Å².